The second kappa shape index (κ2) is 9.06. The van der Waals surface area contributed by atoms with Crippen molar-refractivity contribution in [1.82, 2.24) is 4.98 Å². The molecule has 7 heteroatoms. The zero-order chi connectivity index (χ0) is 22.8. The van der Waals surface area contributed by atoms with Crippen LogP contribution in [0.2, 0.25) is 4.34 Å². The van der Waals surface area contributed by atoms with Crippen molar-refractivity contribution in [3.63, 3.8) is 0 Å². The minimum absolute atomic E-state index is 0.489. The van der Waals surface area contributed by atoms with Crippen molar-refractivity contribution in [3.8, 4) is 11.3 Å². The molecule has 4 aromatic rings. The number of anilines is 1. The molecule has 3 aromatic carbocycles. The number of rotatable bonds is 7. The van der Waals surface area contributed by atoms with E-state index in [4.69, 9.17) is 16.6 Å². The lowest BCUT2D eigenvalue weighted by Gasteiger charge is -2.32. The van der Waals surface area contributed by atoms with Gasteiger partial charge in [-0.05, 0) is 29.7 Å². The number of hydrogen-bond donors (Lipinski definition) is 1. The van der Waals surface area contributed by atoms with E-state index in [0.717, 1.165) is 28.0 Å². The minimum atomic E-state index is -3.34. The summed E-state index contributed by atoms with van der Waals surface area (Å²) in [5, 5.41) is 0.864. The van der Waals surface area contributed by atoms with Crippen LogP contribution in [-0.4, -0.2) is 19.7 Å². The van der Waals surface area contributed by atoms with Crippen LogP contribution in [0.1, 0.15) is 22.6 Å². The van der Waals surface area contributed by atoms with Gasteiger partial charge in [-0.15, -0.1) is 11.3 Å². The molecule has 0 fully saturated rings. The predicted molar refractivity (Wildman–Crippen MR) is 134 cm³/mol. The van der Waals surface area contributed by atoms with E-state index in [0.29, 0.717) is 22.1 Å². The molecule has 163 valence electrons. The molecular formula is C25H22ClN2O2S2. The molecule has 0 bridgehead atoms. The van der Waals surface area contributed by atoms with Gasteiger partial charge >= 0.3 is 0 Å². The Labute approximate surface area is 198 Å². The van der Waals surface area contributed by atoms with Gasteiger partial charge in [-0.2, -0.15) is 0 Å². The zero-order valence-electron chi connectivity index (χ0n) is 17.5. The highest BCUT2D eigenvalue weighted by molar-refractivity contribution is 7.92. The van der Waals surface area contributed by atoms with Crippen molar-refractivity contribution >= 4 is 38.6 Å². The molecule has 0 aliphatic heterocycles. The zero-order valence-corrected chi connectivity index (χ0v) is 19.8. The van der Waals surface area contributed by atoms with Crippen LogP contribution in [0.5, 0.6) is 0 Å². The lowest BCUT2D eigenvalue weighted by molar-refractivity contribution is 0.607. The predicted octanol–water partition coefficient (Wildman–Crippen LogP) is 6.39. The highest BCUT2D eigenvalue weighted by Gasteiger charge is 2.38. The lowest BCUT2D eigenvalue weighted by Crippen LogP contribution is -2.28. The number of nitrogens with zero attached hydrogens (tertiary/aromatic N) is 1. The Hall–Kier alpha value is -2.67. The number of benzene rings is 3. The Morgan fingerprint density at radius 3 is 1.94 bits per heavy atom. The van der Waals surface area contributed by atoms with Crippen molar-refractivity contribution in [2.75, 3.05) is 11.0 Å². The quantitative estimate of drug-likeness (QED) is 0.332. The molecule has 0 amide bonds. The van der Waals surface area contributed by atoms with E-state index in [1.165, 1.54) is 11.3 Å². The maximum atomic E-state index is 11.5. The van der Waals surface area contributed by atoms with Crippen molar-refractivity contribution in [2.45, 2.75) is 11.8 Å². The molecule has 1 N–H and O–H groups in total. The maximum Gasteiger partial charge on any atom is 0.229 e. The Balaban J connectivity index is 1.83. The van der Waals surface area contributed by atoms with Gasteiger partial charge in [-0.25, -0.2) is 13.4 Å². The van der Waals surface area contributed by atoms with E-state index >= 15 is 0 Å². The molecule has 1 aromatic heterocycles. The Bertz CT molecular complexity index is 1260. The molecule has 0 unspecified atom stereocenters. The summed E-state index contributed by atoms with van der Waals surface area (Å²) in [4.78, 5) is 4.99. The third kappa shape index (κ3) is 4.44. The molecule has 0 aliphatic rings. The summed E-state index contributed by atoms with van der Waals surface area (Å²) in [5.41, 5.74) is 3.64. The molecule has 0 aliphatic carbocycles. The molecule has 1 radical (unpaired) electrons. The summed E-state index contributed by atoms with van der Waals surface area (Å²) in [7, 11) is -3.34. The minimum Gasteiger partial charge on any atom is -0.284 e. The van der Waals surface area contributed by atoms with E-state index in [9.17, 15) is 8.42 Å². The number of hydrogen-bond acceptors (Lipinski definition) is 4. The average Bonchev–Trinajstić information content (AvgIpc) is 3.17. The molecule has 1 heterocycles. The van der Waals surface area contributed by atoms with E-state index < -0.39 is 15.4 Å². The smallest absolute Gasteiger partial charge is 0.229 e. The van der Waals surface area contributed by atoms with Gasteiger partial charge in [0.15, 0.2) is 0 Å². The van der Waals surface area contributed by atoms with E-state index in [1.807, 2.05) is 48.5 Å². The van der Waals surface area contributed by atoms with Crippen LogP contribution in [0, 0.1) is 6.92 Å². The van der Waals surface area contributed by atoms with Gasteiger partial charge in [0.05, 0.1) is 11.7 Å². The van der Waals surface area contributed by atoms with E-state index in [1.54, 1.807) is 12.1 Å². The van der Waals surface area contributed by atoms with Gasteiger partial charge in [0, 0.05) is 11.3 Å². The van der Waals surface area contributed by atoms with Gasteiger partial charge in [0.1, 0.15) is 15.0 Å². The molecule has 4 rings (SSSR count). The van der Waals surface area contributed by atoms with Crippen molar-refractivity contribution in [3.05, 3.63) is 112 Å². The normalized spacial score (nSPS) is 12.0. The first-order chi connectivity index (χ1) is 15.3. The molecule has 32 heavy (non-hydrogen) atoms. The SMILES string of the molecule is [CH2]CC(c1ccccc1)(c1ccccc1)c1nc(-c2ccc(NS(C)(=O)=O)cc2)c(Cl)s1. The average molecular weight is 482 g/mol. The van der Waals surface area contributed by atoms with Gasteiger partial charge < -0.3 is 0 Å². The van der Waals surface area contributed by atoms with Crippen molar-refractivity contribution in [2.24, 2.45) is 0 Å². The van der Waals surface area contributed by atoms with Crippen LogP contribution >= 0.6 is 22.9 Å². The third-order valence-electron chi connectivity index (χ3n) is 5.32. The Morgan fingerprint density at radius 1 is 0.938 bits per heavy atom. The molecule has 0 atom stereocenters. The second-order valence-corrected chi connectivity index (χ2v) is 10.8. The molecular weight excluding hydrogens is 460 g/mol. The fourth-order valence-electron chi connectivity index (χ4n) is 3.83. The first-order valence-electron chi connectivity index (χ1n) is 9.99. The van der Waals surface area contributed by atoms with Gasteiger partial charge in [0.25, 0.3) is 0 Å². The number of aromatic nitrogens is 1. The number of thiazole rings is 1. The van der Waals surface area contributed by atoms with Gasteiger partial charge in [0.2, 0.25) is 10.0 Å². The standard InChI is InChI=1S/C25H22ClN2O2S2/c1-3-25(19-10-6-4-7-11-19,20-12-8-5-9-13-20)24-27-22(23(26)31-24)18-14-16-21(17-15-18)28-32(2,29)30/h4-17,28H,1,3H2,2H3. The maximum absolute atomic E-state index is 11.5. The summed E-state index contributed by atoms with van der Waals surface area (Å²) in [6, 6.07) is 27.5. The van der Waals surface area contributed by atoms with E-state index in [2.05, 4.69) is 35.9 Å². The first-order valence-corrected chi connectivity index (χ1v) is 13.1. The summed E-state index contributed by atoms with van der Waals surface area (Å²) in [6.45, 7) is 4.30. The number of sulfonamides is 1. The first kappa shape index (κ1) is 22.5. The molecule has 0 spiro atoms. The van der Waals surface area contributed by atoms with E-state index in [-0.39, 0.29) is 0 Å². The Morgan fingerprint density at radius 2 is 1.47 bits per heavy atom. The van der Waals surface area contributed by atoms with Gasteiger partial charge in [-0.3, -0.25) is 4.72 Å². The fraction of sp³-hybridized carbons (Fsp3) is 0.120. The van der Waals surface area contributed by atoms with Crippen molar-refractivity contribution in [1.29, 1.82) is 0 Å². The molecule has 4 nitrogen and oxygen atoms in total. The molecule has 0 saturated heterocycles. The van der Waals surface area contributed by atoms with Gasteiger partial charge in [-0.1, -0.05) is 91.3 Å². The summed E-state index contributed by atoms with van der Waals surface area (Å²) >= 11 is 8.14. The third-order valence-corrected chi connectivity index (χ3v) is 7.34. The summed E-state index contributed by atoms with van der Waals surface area (Å²) in [5.74, 6) is 0. The van der Waals surface area contributed by atoms with Crippen LogP contribution in [-0.2, 0) is 15.4 Å². The van der Waals surface area contributed by atoms with Crippen LogP contribution in [0.3, 0.4) is 0 Å². The van der Waals surface area contributed by atoms with Crippen LogP contribution in [0.25, 0.3) is 11.3 Å². The molecule has 0 saturated carbocycles. The fourth-order valence-corrected chi connectivity index (χ4v) is 5.84. The second-order valence-electron chi connectivity index (χ2n) is 7.48. The number of halogens is 1. The highest BCUT2D eigenvalue weighted by Crippen LogP contribution is 2.46. The highest BCUT2D eigenvalue weighted by atomic mass is 35.5. The van der Waals surface area contributed by atoms with Crippen LogP contribution in [0.4, 0.5) is 5.69 Å². The van der Waals surface area contributed by atoms with Crippen LogP contribution in [0.15, 0.2) is 84.9 Å². The largest absolute Gasteiger partial charge is 0.284 e. The topological polar surface area (TPSA) is 59.1 Å². The number of nitrogens with one attached hydrogen (secondary N) is 1. The summed E-state index contributed by atoms with van der Waals surface area (Å²) in [6.07, 6.45) is 1.69. The Kier molecular flexibility index (Phi) is 6.38. The van der Waals surface area contributed by atoms with Crippen molar-refractivity contribution < 1.29 is 8.42 Å². The lowest BCUT2D eigenvalue weighted by atomic mass is 9.73. The van der Waals surface area contributed by atoms with Crippen LogP contribution < -0.4 is 4.72 Å². The summed E-state index contributed by atoms with van der Waals surface area (Å²) < 4.78 is 26.0. The monoisotopic (exact) mass is 481 g/mol.